The molecule has 0 aliphatic rings. The first-order valence-corrected chi connectivity index (χ1v) is 9.19. The summed E-state index contributed by atoms with van der Waals surface area (Å²) < 4.78 is 0. The lowest BCUT2D eigenvalue weighted by Crippen LogP contribution is -2.21. The highest BCUT2D eigenvalue weighted by Gasteiger charge is 2.21. The number of hydrogen-bond acceptors (Lipinski definition) is 3. The lowest BCUT2D eigenvalue weighted by Gasteiger charge is -2.16. The van der Waals surface area contributed by atoms with E-state index in [9.17, 15) is 14.4 Å². The van der Waals surface area contributed by atoms with Gasteiger partial charge in [0, 0.05) is 35.8 Å². The molecule has 2 unspecified atom stereocenters. The number of Topliss-reactive ketones (excluding diaryl/α,β-unsaturated/α-hetero) is 3. The van der Waals surface area contributed by atoms with Crippen LogP contribution in [0.15, 0.2) is 60.7 Å². The topological polar surface area (TPSA) is 51.2 Å². The van der Waals surface area contributed by atoms with E-state index in [0.29, 0.717) is 36.8 Å². The second kappa shape index (κ2) is 9.81. The molecule has 0 spiro atoms. The number of carbonyl (C=O) groups is 3. The maximum absolute atomic E-state index is 12.5. The zero-order chi connectivity index (χ0) is 18.9. The van der Waals surface area contributed by atoms with Crippen LogP contribution in [-0.4, -0.2) is 17.3 Å². The van der Waals surface area contributed by atoms with Gasteiger partial charge in [0.05, 0.1) is 0 Å². The largest absolute Gasteiger partial charge is 0.299 e. The molecule has 0 heterocycles. The van der Waals surface area contributed by atoms with Crippen molar-refractivity contribution >= 4 is 17.3 Å². The molecule has 2 atom stereocenters. The maximum atomic E-state index is 12.5. The van der Waals surface area contributed by atoms with E-state index in [0.717, 1.165) is 0 Å². The lowest BCUT2D eigenvalue weighted by molar-refractivity contribution is -0.126. The third-order valence-electron chi connectivity index (χ3n) is 4.77. The molecule has 3 heteroatoms. The van der Waals surface area contributed by atoms with Gasteiger partial charge in [-0.3, -0.25) is 14.4 Å². The van der Waals surface area contributed by atoms with E-state index >= 15 is 0 Å². The van der Waals surface area contributed by atoms with E-state index in [1.165, 1.54) is 0 Å². The van der Waals surface area contributed by atoms with Crippen molar-refractivity contribution < 1.29 is 14.4 Å². The Morgan fingerprint density at radius 1 is 0.654 bits per heavy atom. The summed E-state index contributed by atoms with van der Waals surface area (Å²) in [5.74, 6) is -0.0879. The van der Waals surface area contributed by atoms with Crippen molar-refractivity contribution in [2.45, 2.75) is 39.5 Å². The third-order valence-corrected chi connectivity index (χ3v) is 4.77. The summed E-state index contributed by atoms with van der Waals surface area (Å²) in [6.45, 7) is 3.74. The van der Waals surface area contributed by atoms with Crippen LogP contribution >= 0.6 is 0 Å². The van der Waals surface area contributed by atoms with Crippen LogP contribution in [0.3, 0.4) is 0 Å². The zero-order valence-electron chi connectivity index (χ0n) is 15.5. The highest BCUT2D eigenvalue weighted by Crippen LogP contribution is 2.19. The predicted molar refractivity (Wildman–Crippen MR) is 103 cm³/mol. The minimum atomic E-state index is -0.176. The average Bonchev–Trinajstić information content (AvgIpc) is 2.70. The fraction of sp³-hybridized carbons (Fsp3) is 0.348. The van der Waals surface area contributed by atoms with E-state index in [1.807, 2.05) is 50.2 Å². The first kappa shape index (κ1) is 19.8. The van der Waals surface area contributed by atoms with E-state index in [-0.39, 0.29) is 29.2 Å². The summed E-state index contributed by atoms with van der Waals surface area (Å²) in [7, 11) is 0. The van der Waals surface area contributed by atoms with E-state index in [1.54, 1.807) is 24.3 Å². The Balaban J connectivity index is 1.78. The monoisotopic (exact) mass is 350 g/mol. The molecule has 136 valence electrons. The molecule has 3 nitrogen and oxygen atoms in total. The lowest BCUT2D eigenvalue weighted by atomic mass is 9.87. The van der Waals surface area contributed by atoms with Crippen molar-refractivity contribution in [2.75, 3.05) is 0 Å². The van der Waals surface area contributed by atoms with Crippen LogP contribution in [0.4, 0.5) is 0 Å². The number of ketones is 3. The molecule has 2 aromatic rings. The summed E-state index contributed by atoms with van der Waals surface area (Å²) >= 11 is 0. The Morgan fingerprint density at radius 2 is 1.00 bits per heavy atom. The van der Waals surface area contributed by atoms with Crippen LogP contribution in [0.2, 0.25) is 0 Å². The predicted octanol–water partition coefficient (Wildman–Crippen LogP) is 5.15. The highest BCUT2D eigenvalue weighted by atomic mass is 16.1. The smallest absolute Gasteiger partial charge is 0.162 e. The summed E-state index contributed by atoms with van der Waals surface area (Å²) in [4.78, 5) is 36.8. The van der Waals surface area contributed by atoms with Crippen LogP contribution in [0.5, 0.6) is 0 Å². The van der Waals surface area contributed by atoms with Crippen LogP contribution in [-0.2, 0) is 4.79 Å². The fourth-order valence-electron chi connectivity index (χ4n) is 3.00. The molecule has 0 saturated carbocycles. The van der Waals surface area contributed by atoms with Gasteiger partial charge in [-0.25, -0.2) is 0 Å². The standard InChI is InChI=1S/C23H26O3/c1-17(13-15-21(24)19-9-5-3-6-10-19)23(26)18(2)14-16-22(25)20-11-7-4-8-12-20/h3-12,17-18H,13-16H2,1-2H3. The third kappa shape index (κ3) is 5.76. The molecule has 0 fully saturated rings. The van der Waals surface area contributed by atoms with Gasteiger partial charge in [0.2, 0.25) is 0 Å². The van der Waals surface area contributed by atoms with Crippen LogP contribution in [0.1, 0.15) is 60.2 Å². The molecule has 0 saturated heterocycles. The molecule has 0 amide bonds. The van der Waals surface area contributed by atoms with Gasteiger partial charge >= 0.3 is 0 Å². The molecule has 0 aliphatic carbocycles. The fourth-order valence-corrected chi connectivity index (χ4v) is 3.00. The van der Waals surface area contributed by atoms with E-state index < -0.39 is 0 Å². The summed E-state index contributed by atoms with van der Waals surface area (Å²) in [5.41, 5.74) is 1.38. The van der Waals surface area contributed by atoms with E-state index in [4.69, 9.17) is 0 Å². The molecule has 0 N–H and O–H groups in total. The minimum Gasteiger partial charge on any atom is -0.299 e. The number of hydrogen-bond donors (Lipinski definition) is 0. The molecule has 0 aliphatic heterocycles. The van der Waals surface area contributed by atoms with Crippen LogP contribution in [0, 0.1) is 11.8 Å². The van der Waals surface area contributed by atoms with E-state index in [2.05, 4.69) is 0 Å². The van der Waals surface area contributed by atoms with Gasteiger partial charge in [-0.1, -0.05) is 74.5 Å². The van der Waals surface area contributed by atoms with Gasteiger partial charge in [0.25, 0.3) is 0 Å². The number of carbonyl (C=O) groups excluding carboxylic acids is 3. The zero-order valence-corrected chi connectivity index (χ0v) is 15.5. The van der Waals surface area contributed by atoms with Gasteiger partial charge in [0.15, 0.2) is 11.6 Å². The average molecular weight is 350 g/mol. The Kier molecular flexibility index (Phi) is 7.46. The van der Waals surface area contributed by atoms with Crippen molar-refractivity contribution in [3.05, 3.63) is 71.8 Å². The normalized spacial score (nSPS) is 13.0. The second-order valence-corrected chi connectivity index (χ2v) is 6.86. The number of rotatable bonds is 10. The second-order valence-electron chi connectivity index (χ2n) is 6.86. The van der Waals surface area contributed by atoms with Gasteiger partial charge in [-0.15, -0.1) is 0 Å². The Hall–Kier alpha value is -2.55. The van der Waals surface area contributed by atoms with Gasteiger partial charge in [-0.2, -0.15) is 0 Å². The summed E-state index contributed by atoms with van der Waals surface area (Å²) in [6, 6.07) is 18.3. The minimum absolute atomic E-state index is 0.0668. The molecule has 0 radical (unpaired) electrons. The maximum Gasteiger partial charge on any atom is 0.162 e. The van der Waals surface area contributed by atoms with Crippen LogP contribution < -0.4 is 0 Å². The molecule has 0 bridgehead atoms. The number of benzene rings is 2. The molecular weight excluding hydrogens is 324 g/mol. The van der Waals surface area contributed by atoms with Crippen LogP contribution in [0.25, 0.3) is 0 Å². The molecule has 26 heavy (non-hydrogen) atoms. The molecule has 0 aromatic heterocycles. The molecular formula is C23H26O3. The van der Waals surface area contributed by atoms with Crippen molar-refractivity contribution in [3.8, 4) is 0 Å². The Bertz CT molecular complexity index is 671. The highest BCUT2D eigenvalue weighted by molar-refractivity contribution is 5.97. The van der Waals surface area contributed by atoms with Crippen molar-refractivity contribution in [1.29, 1.82) is 0 Å². The van der Waals surface area contributed by atoms with Gasteiger partial charge in [-0.05, 0) is 12.8 Å². The molecule has 2 aromatic carbocycles. The quantitative estimate of drug-likeness (QED) is 0.557. The Labute approximate surface area is 155 Å². The first-order valence-electron chi connectivity index (χ1n) is 9.19. The summed E-state index contributed by atoms with van der Waals surface area (Å²) in [6.07, 6.45) is 1.83. The Morgan fingerprint density at radius 3 is 1.35 bits per heavy atom. The first-order chi connectivity index (χ1) is 12.5. The van der Waals surface area contributed by atoms with Gasteiger partial charge < -0.3 is 0 Å². The molecule has 2 rings (SSSR count). The van der Waals surface area contributed by atoms with Crippen molar-refractivity contribution in [3.63, 3.8) is 0 Å². The summed E-state index contributed by atoms with van der Waals surface area (Å²) in [5, 5.41) is 0. The van der Waals surface area contributed by atoms with Gasteiger partial charge in [0.1, 0.15) is 5.78 Å². The van der Waals surface area contributed by atoms with Crippen molar-refractivity contribution in [2.24, 2.45) is 11.8 Å². The van der Waals surface area contributed by atoms with Crippen molar-refractivity contribution in [1.82, 2.24) is 0 Å². The SMILES string of the molecule is CC(CCC(=O)c1ccccc1)C(=O)C(C)CCC(=O)c1ccccc1.